The molecule has 0 saturated carbocycles. The number of anilines is 6. The van der Waals surface area contributed by atoms with Crippen LogP contribution in [-0.2, 0) is 0 Å². The van der Waals surface area contributed by atoms with Crippen molar-refractivity contribution in [2.75, 3.05) is 9.80 Å². The van der Waals surface area contributed by atoms with E-state index in [0.717, 1.165) is 183 Å². The van der Waals surface area contributed by atoms with Gasteiger partial charge in [0.05, 0.1) is 11.0 Å². The quantitative estimate of drug-likeness (QED) is 0.121. The van der Waals surface area contributed by atoms with Gasteiger partial charge in [0.15, 0.2) is 0 Å². The van der Waals surface area contributed by atoms with Crippen LogP contribution in [0.4, 0.5) is 34.1 Å². The largest absolute Gasteiger partial charge is 0.456 e. The van der Waals surface area contributed by atoms with E-state index in [4.69, 9.17) is 17.7 Å². The Balaban J connectivity index is 0.580. The van der Waals surface area contributed by atoms with Crippen molar-refractivity contribution in [3.63, 3.8) is 0 Å². The second kappa shape index (κ2) is 23.6. The number of hydrogen-bond acceptors (Lipinski definition) is 6. The molecule has 7 nitrogen and oxygen atoms in total. The molecule has 7 heteroatoms. The molecule has 0 atom stereocenters. The van der Waals surface area contributed by atoms with Crippen molar-refractivity contribution in [1.29, 1.82) is 0 Å². The highest BCUT2D eigenvalue weighted by Crippen LogP contribution is 2.46. The third-order valence-corrected chi connectivity index (χ3v) is 21.1. The smallest absolute Gasteiger partial charge is 0.143 e. The molecule has 0 unspecified atom stereocenters. The van der Waals surface area contributed by atoms with E-state index in [1.807, 2.05) is 24.3 Å². The van der Waals surface area contributed by atoms with Crippen molar-refractivity contribution in [2.24, 2.45) is 0 Å². The van der Waals surface area contributed by atoms with Crippen molar-refractivity contribution < 1.29 is 17.7 Å². The molecule has 0 N–H and O–H groups in total. The fourth-order valence-electron chi connectivity index (χ4n) is 15.9. The van der Waals surface area contributed by atoms with Gasteiger partial charge in [-0.15, -0.1) is 0 Å². The third kappa shape index (κ3) is 9.73. The number of fused-ring (bicyclic) bond motifs is 15. The number of nitrogens with zero attached hydrogens (tertiary/aromatic N) is 3. The minimum Gasteiger partial charge on any atom is -0.456 e. The molecule has 16 aromatic carbocycles. The standard InChI is InChI=1S/C97H61N3O4/c1-60-24-38-69(39-25-60)98(74-48-50-75(51-49-74)100-88-20-6-2-12-78(88)79-13-3-7-21-89(79)100)73-46-32-64(33-47-73)76-16-10-18-83-87-59-68(37-55-95(87)103-96(76)83)77-17-11-19-82-86-58-67(36-54-94(86)104-97(77)82)63-30-44-72(45-31-63)99(70-40-26-61(27-41-70)65-34-52-92-84(56-65)80-14-4-8-22-90(80)101-92)71-42-28-62(29-43-71)66-35-53-93-85(57-66)81-15-5-9-23-91(81)102-93/h2-59H,1H3. The molecular weight excluding hydrogens is 1270 g/mol. The average molecular weight is 1330 g/mol. The summed E-state index contributed by atoms with van der Waals surface area (Å²) in [6, 6.07) is 126. The molecule has 0 fully saturated rings. The minimum atomic E-state index is 0.830. The molecule has 21 rings (SSSR count). The van der Waals surface area contributed by atoms with Crippen LogP contribution in [0.5, 0.6) is 0 Å². The Labute approximate surface area is 597 Å². The number of aryl methyl sites for hydroxylation is 1. The van der Waals surface area contributed by atoms with Crippen molar-refractivity contribution in [1.82, 2.24) is 4.57 Å². The van der Waals surface area contributed by atoms with Crippen LogP contribution in [0.3, 0.4) is 0 Å². The van der Waals surface area contributed by atoms with Crippen LogP contribution in [0.15, 0.2) is 370 Å². The van der Waals surface area contributed by atoms with Crippen LogP contribution in [0, 0.1) is 6.92 Å². The maximum absolute atomic E-state index is 6.87. The van der Waals surface area contributed by atoms with E-state index in [2.05, 4.69) is 349 Å². The molecule has 0 amide bonds. The first kappa shape index (κ1) is 59.0. The van der Waals surface area contributed by atoms with Gasteiger partial charge >= 0.3 is 0 Å². The minimum absolute atomic E-state index is 0.830. The van der Waals surface area contributed by atoms with E-state index in [1.165, 1.54) is 27.4 Å². The lowest BCUT2D eigenvalue weighted by molar-refractivity contribution is 0.668. The van der Waals surface area contributed by atoms with Gasteiger partial charge in [-0.25, -0.2) is 0 Å². The second-order valence-electron chi connectivity index (χ2n) is 27.2. The van der Waals surface area contributed by atoms with Crippen LogP contribution in [0.1, 0.15) is 5.56 Å². The van der Waals surface area contributed by atoms with E-state index in [0.29, 0.717) is 0 Å². The van der Waals surface area contributed by atoms with E-state index in [-0.39, 0.29) is 0 Å². The first-order valence-electron chi connectivity index (χ1n) is 35.3. The molecule has 488 valence electrons. The van der Waals surface area contributed by atoms with Gasteiger partial charge in [-0.2, -0.15) is 0 Å². The zero-order valence-electron chi connectivity index (χ0n) is 56.5. The molecule has 0 bridgehead atoms. The normalized spacial score (nSPS) is 11.9. The first-order chi connectivity index (χ1) is 51.4. The Bertz CT molecular complexity index is 6740. The first-order valence-corrected chi connectivity index (χ1v) is 35.3. The highest BCUT2D eigenvalue weighted by atomic mass is 16.3. The zero-order chi connectivity index (χ0) is 68.5. The van der Waals surface area contributed by atoms with Gasteiger partial charge in [0.2, 0.25) is 0 Å². The maximum atomic E-state index is 6.87. The zero-order valence-corrected chi connectivity index (χ0v) is 56.5. The molecule has 5 aromatic heterocycles. The summed E-state index contributed by atoms with van der Waals surface area (Å²) in [6.45, 7) is 2.13. The summed E-state index contributed by atoms with van der Waals surface area (Å²) in [5.41, 5.74) is 28.9. The molecular formula is C97H61N3O4. The van der Waals surface area contributed by atoms with Gasteiger partial charge in [0.25, 0.3) is 0 Å². The number of para-hydroxylation sites is 6. The van der Waals surface area contributed by atoms with Gasteiger partial charge in [-0.1, -0.05) is 200 Å². The van der Waals surface area contributed by atoms with Crippen molar-refractivity contribution in [2.45, 2.75) is 6.92 Å². The van der Waals surface area contributed by atoms with Crippen LogP contribution >= 0.6 is 0 Å². The van der Waals surface area contributed by atoms with Crippen LogP contribution in [0.25, 0.3) is 171 Å². The summed E-state index contributed by atoms with van der Waals surface area (Å²) in [4.78, 5) is 4.67. The highest BCUT2D eigenvalue weighted by molar-refractivity contribution is 6.15. The third-order valence-electron chi connectivity index (χ3n) is 21.1. The van der Waals surface area contributed by atoms with E-state index >= 15 is 0 Å². The number of benzene rings is 16. The predicted octanol–water partition coefficient (Wildman–Crippen LogP) is 28.0. The fourth-order valence-corrected chi connectivity index (χ4v) is 15.9. The average Bonchev–Trinajstić information content (AvgIpc) is 1.59. The SMILES string of the molecule is Cc1ccc(N(c2ccc(-c3cccc4c3oc3ccc(-c5cccc6c5oc5ccc(-c7ccc(N(c8ccc(-c9ccc%10oc%11ccccc%11c%10c9)cc8)c8ccc(-c9ccc%10oc%11ccccc%11c%10c9)cc8)cc7)cc56)cc34)cc2)c2ccc(-n3c4ccccc4c4ccccc43)cc2)cc1. The van der Waals surface area contributed by atoms with E-state index < -0.39 is 0 Å². The van der Waals surface area contributed by atoms with Gasteiger partial charge in [0, 0.05) is 105 Å². The molecule has 0 aliphatic rings. The second-order valence-corrected chi connectivity index (χ2v) is 27.2. The molecule has 0 aliphatic carbocycles. The topological polar surface area (TPSA) is 64.0 Å². The van der Waals surface area contributed by atoms with Crippen molar-refractivity contribution in [3.8, 4) is 61.3 Å². The van der Waals surface area contributed by atoms with Crippen molar-refractivity contribution in [3.05, 3.63) is 357 Å². The summed E-state index contributed by atoms with van der Waals surface area (Å²) in [7, 11) is 0. The van der Waals surface area contributed by atoms with Gasteiger partial charge in [-0.3, -0.25) is 0 Å². The maximum Gasteiger partial charge on any atom is 0.143 e. The van der Waals surface area contributed by atoms with Crippen LogP contribution in [-0.4, -0.2) is 4.57 Å². The van der Waals surface area contributed by atoms with Crippen molar-refractivity contribution >= 4 is 144 Å². The summed E-state index contributed by atoms with van der Waals surface area (Å²) < 4.78 is 28.5. The fraction of sp³-hybridized carbons (Fsp3) is 0.0103. The lowest BCUT2D eigenvalue weighted by atomic mass is 9.98. The summed E-state index contributed by atoms with van der Waals surface area (Å²) in [6.07, 6.45) is 0. The Morgan fingerprint density at radius 1 is 0.212 bits per heavy atom. The molecule has 0 saturated heterocycles. The number of hydrogen-bond donors (Lipinski definition) is 0. The summed E-state index contributed by atoms with van der Waals surface area (Å²) in [5.74, 6) is 0. The number of aromatic nitrogens is 1. The number of furan rings is 4. The van der Waals surface area contributed by atoms with Gasteiger partial charge in [-0.05, 0) is 209 Å². The molecule has 5 heterocycles. The molecule has 0 aliphatic heterocycles. The molecule has 21 aromatic rings. The Morgan fingerprint density at radius 3 is 0.942 bits per heavy atom. The van der Waals surface area contributed by atoms with E-state index in [1.54, 1.807) is 0 Å². The Hall–Kier alpha value is -13.9. The summed E-state index contributed by atoms with van der Waals surface area (Å²) >= 11 is 0. The lowest BCUT2D eigenvalue weighted by Gasteiger charge is -2.26. The predicted molar refractivity (Wildman–Crippen MR) is 431 cm³/mol. The number of rotatable bonds is 12. The van der Waals surface area contributed by atoms with Gasteiger partial charge in [0.1, 0.15) is 44.7 Å². The monoisotopic (exact) mass is 1330 g/mol. The Kier molecular flexibility index (Phi) is 13.4. The van der Waals surface area contributed by atoms with Crippen LogP contribution in [0.2, 0.25) is 0 Å². The van der Waals surface area contributed by atoms with Crippen LogP contribution < -0.4 is 9.80 Å². The Morgan fingerprint density at radius 2 is 0.510 bits per heavy atom. The van der Waals surface area contributed by atoms with E-state index in [9.17, 15) is 0 Å². The summed E-state index contributed by atoms with van der Waals surface area (Å²) in [5, 5.41) is 11.2. The highest BCUT2D eigenvalue weighted by Gasteiger charge is 2.22. The lowest BCUT2D eigenvalue weighted by Crippen LogP contribution is -2.10. The molecule has 0 radical (unpaired) electrons. The van der Waals surface area contributed by atoms with Gasteiger partial charge < -0.3 is 32.0 Å². The molecule has 0 spiro atoms. The molecule has 104 heavy (non-hydrogen) atoms.